The van der Waals surface area contributed by atoms with Crippen LogP contribution in [-0.2, 0) is 16.0 Å². The van der Waals surface area contributed by atoms with E-state index in [0.717, 1.165) is 39.5 Å². The number of pyridine rings is 1. The van der Waals surface area contributed by atoms with E-state index in [1.165, 1.54) is 0 Å². The normalized spacial score (nSPS) is 13.9. The maximum atomic E-state index is 12.9. The van der Waals surface area contributed by atoms with E-state index < -0.39 is 0 Å². The van der Waals surface area contributed by atoms with E-state index in [9.17, 15) is 4.79 Å². The summed E-state index contributed by atoms with van der Waals surface area (Å²) in [6.45, 7) is 2.54. The van der Waals surface area contributed by atoms with Crippen LogP contribution in [0.1, 0.15) is 12.1 Å². The quantitative estimate of drug-likeness (QED) is 0.443. The molecule has 0 unspecified atom stereocenters. The Morgan fingerprint density at radius 3 is 2.55 bits per heavy atom. The summed E-state index contributed by atoms with van der Waals surface area (Å²) in [5.41, 5.74) is 6.01. The SMILES string of the molecule is COc1cccc(-c2nc3ccc(-c4ccccc4)cn3c2CCC(=O)N2CCOCC2)c1. The summed E-state index contributed by atoms with van der Waals surface area (Å²) in [6.07, 6.45) is 3.15. The largest absolute Gasteiger partial charge is 0.497 e. The minimum Gasteiger partial charge on any atom is -0.497 e. The van der Waals surface area contributed by atoms with Crippen LogP contribution in [0.2, 0.25) is 0 Å². The molecule has 6 heteroatoms. The number of benzene rings is 2. The minimum absolute atomic E-state index is 0.157. The Morgan fingerprint density at radius 2 is 1.76 bits per heavy atom. The first kappa shape index (κ1) is 21.2. The van der Waals surface area contributed by atoms with E-state index in [1.54, 1.807) is 7.11 Å². The zero-order valence-corrected chi connectivity index (χ0v) is 18.7. The molecule has 6 nitrogen and oxygen atoms in total. The second-order valence-electron chi connectivity index (χ2n) is 8.14. The number of rotatable bonds is 6. The summed E-state index contributed by atoms with van der Waals surface area (Å²) < 4.78 is 13.0. The number of aryl methyl sites for hydroxylation is 1. The van der Waals surface area contributed by atoms with E-state index >= 15 is 0 Å². The minimum atomic E-state index is 0.157. The van der Waals surface area contributed by atoms with Crippen LogP contribution < -0.4 is 4.74 Å². The molecule has 5 rings (SSSR count). The zero-order valence-electron chi connectivity index (χ0n) is 18.7. The van der Waals surface area contributed by atoms with E-state index in [4.69, 9.17) is 14.5 Å². The van der Waals surface area contributed by atoms with Gasteiger partial charge in [-0.3, -0.25) is 4.79 Å². The van der Waals surface area contributed by atoms with Crippen molar-refractivity contribution in [3.8, 4) is 28.1 Å². The number of aromatic nitrogens is 2. The van der Waals surface area contributed by atoms with Gasteiger partial charge in [-0.2, -0.15) is 0 Å². The average Bonchev–Trinajstić information content (AvgIpc) is 3.26. The lowest BCUT2D eigenvalue weighted by molar-refractivity contribution is -0.135. The highest BCUT2D eigenvalue weighted by molar-refractivity contribution is 5.77. The number of hydrogen-bond acceptors (Lipinski definition) is 4. The Morgan fingerprint density at radius 1 is 0.970 bits per heavy atom. The summed E-state index contributed by atoms with van der Waals surface area (Å²) in [7, 11) is 1.66. The molecule has 0 aliphatic carbocycles. The number of hydrogen-bond donors (Lipinski definition) is 0. The van der Waals surface area contributed by atoms with Crippen molar-refractivity contribution in [2.75, 3.05) is 33.4 Å². The first-order chi connectivity index (χ1) is 16.2. The van der Waals surface area contributed by atoms with Gasteiger partial charge >= 0.3 is 0 Å². The molecule has 0 bridgehead atoms. The lowest BCUT2D eigenvalue weighted by Crippen LogP contribution is -2.40. The Balaban J connectivity index is 1.55. The van der Waals surface area contributed by atoms with Crippen molar-refractivity contribution >= 4 is 11.6 Å². The summed E-state index contributed by atoms with van der Waals surface area (Å²) >= 11 is 0. The number of amides is 1. The first-order valence-electron chi connectivity index (χ1n) is 11.3. The first-order valence-corrected chi connectivity index (χ1v) is 11.3. The number of methoxy groups -OCH3 is 1. The Kier molecular flexibility index (Phi) is 6.09. The van der Waals surface area contributed by atoms with Crippen molar-refractivity contribution in [2.24, 2.45) is 0 Å². The number of nitrogens with zero attached hydrogens (tertiary/aromatic N) is 3. The number of ether oxygens (including phenoxy) is 2. The monoisotopic (exact) mass is 441 g/mol. The summed E-state index contributed by atoms with van der Waals surface area (Å²) in [6, 6.07) is 22.4. The van der Waals surface area contributed by atoms with Crippen molar-refractivity contribution in [2.45, 2.75) is 12.8 Å². The van der Waals surface area contributed by atoms with Gasteiger partial charge < -0.3 is 18.8 Å². The summed E-state index contributed by atoms with van der Waals surface area (Å²) in [5, 5.41) is 0. The molecule has 1 saturated heterocycles. The number of imidazole rings is 1. The molecule has 2 aromatic carbocycles. The molecule has 0 atom stereocenters. The van der Waals surface area contributed by atoms with Crippen LogP contribution in [0.15, 0.2) is 72.9 Å². The van der Waals surface area contributed by atoms with Gasteiger partial charge in [0.15, 0.2) is 0 Å². The molecule has 1 fully saturated rings. The third-order valence-electron chi connectivity index (χ3n) is 6.11. The van der Waals surface area contributed by atoms with Gasteiger partial charge in [0.25, 0.3) is 0 Å². The Bertz CT molecular complexity index is 1260. The van der Waals surface area contributed by atoms with Gasteiger partial charge in [-0.05, 0) is 41.8 Å². The van der Waals surface area contributed by atoms with Crippen molar-refractivity contribution in [3.05, 3.63) is 78.6 Å². The topological polar surface area (TPSA) is 56.1 Å². The predicted octanol–water partition coefficient (Wildman–Crippen LogP) is 4.47. The van der Waals surface area contributed by atoms with Crippen LogP contribution in [-0.4, -0.2) is 53.6 Å². The number of carbonyl (C=O) groups is 1. The maximum absolute atomic E-state index is 12.9. The third kappa shape index (κ3) is 4.47. The molecular formula is C27H27N3O3. The second-order valence-corrected chi connectivity index (χ2v) is 8.14. The molecule has 33 heavy (non-hydrogen) atoms. The van der Waals surface area contributed by atoms with Crippen LogP contribution >= 0.6 is 0 Å². The fraction of sp³-hybridized carbons (Fsp3) is 0.259. The molecule has 1 aliphatic heterocycles. The van der Waals surface area contributed by atoms with E-state index in [2.05, 4.69) is 28.8 Å². The van der Waals surface area contributed by atoms with E-state index in [1.807, 2.05) is 53.4 Å². The summed E-state index contributed by atoms with van der Waals surface area (Å²) in [4.78, 5) is 19.7. The third-order valence-corrected chi connectivity index (χ3v) is 6.11. The molecule has 168 valence electrons. The maximum Gasteiger partial charge on any atom is 0.223 e. The molecule has 1 amide bonds. The van der Waals surface area contributed by atoms with Gasteiger partial charge in [0, 0.05) is 31.3 Å². The average molecular weight is 442 g/mol. The highest BCUT2D eigenvalue weighted by Crippen LogP contribution is 2.30. The van der Waals surface area contributed by atoms with Crippen LogP contribution in [0, 0.1) is 0 Å². The standard InChI is InChI=1S/C27H27N3O3/c1-32-23-9-5-8-21(18-23)27-24(11-13-26(31)29-14-16-33-17-15-29)30-19-22(10-12-25(30)28-27)20-6-3-2-4-7-20/h2-10,12,18-19H,11,13-17H2,1H3. The van der Waals surface area contributed by atoms with E-state index in [-0.39, 0.29) is 5.91 Å². The van der Waals surface area contributed by atoms with Crippen LogP contribution in [0.4, 0.5) is 0 Å². The van der Waals surface area contributed by atoms with Gasteiger partial charge in [-0.15, -0.1) is 0 Å². The Hall–Kier alpha value is -3.64. The molecular weight excluding hydrogens is 414 g/mol. The number of morpholine rings is 1. The molecule has 3 heterocycles. The van der Waals surface area contributed by atoms with Crippen LogP contribution in [0.25, 0.3) is 28.0 Å². The van der Waals surface area contributed by atoms with Gasteiger partial charge in [0.05, 0.1) is 31.7 Å². The zero-order chi connectivity index (χ0) is 22.6. The number of carbonyl (C=O) groups excluding carboxylic acids is 1. The van der Waals surface area contributed by atoms with Crippen molar-refractivity contribution in [3.63, 3.8) is 0 Å². The van der Waals surface area contributed by atoms with E-state index in [0.29, 0.717) is 39.1 Å². The van der Waals surface area contributed by atoms with Gasteiger partial charge in [-0.25, -0.2) is 4.98 Å². The highest BCUT2D eigenvalue weighted by atomic mass is 16.5. The van der Waals surface area contributed by atoms with Crippen molar-refractivity contribution in [1.29, 1.82) is 0 Å². The molecule has 0 saturated carbocycles. The molecule has 0 radical (unpaired) electrons. The van der Waals surface area contributed by atoms with Crippen LogP contribution in [0.3, 0.4) is 0 Å². The second kappa shape index (κ2) is 9.46. The molecule has 0 N–H and O–H groups in total. The number of fused-ring (bicyclic) bond motifs is 1. The highest BCUT2D eigenvalue weighted by Gasteiger charge is 2.20. The van der Waals surface area contributed by atoms with Crippen molar-refractivity contribution in [1.82, 2.24) is 14.3 Å². The predicted molar refractivity (Wildman–Crippen MR) is 128 cm³/mol. The van der Waals surface area contributed by atoms with Gasteiger partial charge in [0.2, 0.25) is 5.91 Å². The smallest absolute Gasteiger partial charge is 0.223 e. The molecule has 0 spiro atoms. The molecule has 4 aromatic rings. The van der Waals surface area contributed by atoms with Crippen molar-refractivity contribution < 1.29 is 14.3 Å². The molecule has 1 aliphatic rings. The molecule has 2 aromatic heterocycles. The van der Waals surface area contributed by atoms with Crippen LogP contribution in [0.5, 0.6) is 5.75 Å². The fourth-order valence-corrected chi connectivity index (χ4v) is 4.33. The lowest BCUT2D eigenvalue weighted by atomic mass is 10.1. The summed E-state index contributed by atoms with van der Waals surface area (Å²) in [5.74, 6) is 0.939. The fourth-order valence-electron chi connectivity index (χ4n) is 4.33. The lowest BCUT2D eigenvalue weighted by Gasteiger charge is -2.26. The van der Waals surface area contributed by atoms with Gasteiger partial charge in [0.1, 0.15) is 11.4 Å². The Labute approximate surface area is 193 Å². The van der Waals surface area contributed by atoms with Gasteiger partial charge in [-0.1, -0.05) is 42.5 Å².